The van der Waals surface area contributed by atoms with Crippen LogP contribution in [0, 0.1) is 5.92 Å². The summed E-state index contributed by atoms with van der Waals surface area (Å²) in [5, 5.41) is 3.22. The Labute approximate surface area is 172 Å². The van der Waals surface area contributed by atoms with Gasteiger partial charge < -0.3 is 14.8 Å². The molecule has 1 aromatic heterocycles. The zero-order valence-electron chi connectivity index (χ0n) is 17.4. The van der Waals surface area contributed by atoms with Gasteiger partial charge in [0.15, 0.2) is 0 Å². The Kier molecular flexibility index (Phi) is 4.85. The minimum absolute atomic E-state index is 0.0443. The number of nitrogens with one attached hydrogen (secondary N) is 1. The van der Waals surface area contributed by atoms with Gasteiger partial charge in [-0.2, -0.15) is 0 Å². The van der Waals surface area contributed by atoms with E-state index in [2.05, 4.69) is 18.0 Å². The molecule has 1 fully saturated rings. The number of amides is 2. The second kappa shape index (κ2) is 7.21. The molecular weight excluding hydrogens is 362 g/mol. The van der Waals surface area contributed by atoms with Crippen LogP contribution in [-0.4, -0.2) is 28.6 Å². The molecule has 2 aliphatic rings. The Hall–Kier alpha value is -2.82. The number of aromatic nitrogens is 1. The van der Waals surface area contributed by atoms with Gasteiger partial charge in [0.05, 0.1) is 5.54 Å². The van der Waals surface area contributed by atoms with E-state index in [0.717, 1.165) is 28.8 Å². The lowest BCUT2D eigenvalue weighted by molar-refractivity contribution is 0.125. The average Bonchev–Trinajstić information content (AvgIpc) is 2.68. The van der Waals surface area contributed by atoms with Gasteiger partial charge in [-0.25, -0.2) is 4.79 Å². The van der Waals surface area contributed by atoms with Gasteiger partial charge in [0.1, 0.15) is 0 Å². The second-order valence-corrected chi connectivity index (χ2v) is 9.02. The zero-order chi connectivity index (χ0) is 20.8. The highest BCUT2D eigenvalue weighted by Crippen LogP contribution is 2.35. The van der Waals surface area contributed by atoms with Crippen molar-refractivity contribution < 1.29 is 4.79 Å². The average molecular weight is 392 g/mol. The van der Waals surface area contributed by atoms with Crippen LogP contribution in [0.3, 0.4) is 0 Å². The zero-order valence-corrected chi connectivity index (χ0v) is 17.4. The first kappa shape index (κ1) is 19.5. The second-order valence-electron chi connectivity index (χ2n) is 9.02. The third kappa shape index (κ3) is 3.74. The van der Waals surface area contributed by atoms with Crippen molar-refractivity contribution >= 4 is 11.6 Å². The van der Waals surface area contributed by atoms with Crippen molar-refractivity contribution in [1.29, 1.82) is 0 Å². The molecule has 0 aliphatic carbocycles. The molecule has 2 aliphatic heterocycles. The Bertz CT molecular complexity index is 1020. The number of carbonyl (C=O) groups is 1. The molecule has 2 amide bonds. The van der Waals surface area contributed by atoms with Gasteiger partial charge >= 0.3 is 6.03 Å². The molecule has 2 aromatic rings. The van der Waals surface area contributed by atoms with Crippen LogP contribution in [0.25, 0.3) is 5.57 Å². The maximum absolute atomic E-state index is 13.1. The number of pyridine rings is 1. The van der Waals surface area contributed by atoms with Crippen LogP contribution in [0.1, 0.15) is 49.9 Å². The van der Waals surface area contributed by atoms with E-state index in [0.29, 0.717) is 25.6 Å². The van der Waals surface area contributed by atoms with Crippen LogP contribution in [0.4, 0.5) is 4.79 Å². The summed E-state index contributed by atoms with van der Waals surface area (Å²) in [5.41, 5.74) is 3.77. The molecule has 1 N–H and O–H groups in total. The summed E-state index contributed by atoms with van der Waals surface area (Å²) in [6.45, 7) is 12.1. The molecule has 1 saturated heterocycles. The number of allylic oxidation sites excluding steroid dienone is 1. The molecule has 2 bridgehead atoms. The molecule has 0 unspecified atom stereocenters. The fourth-order valence-corrected chi connectivity index (χ4v) is 4.65. The first-order valence-electron chi connectivity index (χ1n) is 10.3. The molecule has 0 radical (unpaired) electrons. The number of hydrogen-bond acceptors (Lipinski definition) is 2. The van der Waals surface area contributed by atoms with E-state index in [-0.39, 0.29) is 17.5 Å². The summed E-state index contributed by atoms with van der Waals surface area (Å²) in [5.74, 6) is 0.541. The molecule has 3 heterocycles. The molecule has 1 aromatic carbocycles. The number of nitrogens with zero attached hydrogens (tertiary/aromatic N) is 2. The van der Waals surface area contributed by atoms with E-state index in [1.807, 2.05) is 60.6 Å². The third-order valence-corrected chi connectivity index (χ3v) is 6.26. The van der Waals surface area contributed by atoms with Crippen LogP contribution < -0.4 is 10.9 Å². The molecule has 0 spiro atoms. The van der Waals surface area contributed by atoms with Crippen LogP contribution in [0.2, 0.25) is 0 Å². The van der Waals surface area contributed by atoms with Gasteiger partial charge in [-0.05, 0) is 56.4 Å². The Morgan fingerprint density at radius 1 is 1.14 bits per heavy atom. The third-order valence-electron chi connectivity index (χ3n) is 6.26. The van der Waals surface area contributed by atoms with Gasteiger partial charge in [0.2, 0.25) is 0 Å². The highest BCUT2D eigenvalue weighted by atomic mass is 16.2. The molecule has 152 valence electrons. The number of urea groups is 1. The molecule has 0 saturated carbocycles. The summed E-state index contributed by atoms with van der Waals surface area (Å²) in [7, 11) is 0. The first-order chi connectivity index (χ1) is 13.7. The summed E-state index contributed by atoms with van der Waals surface area (Å²) in [4.78, 5) is 27.3. The van der Waals surface area contributed by atoms with Gasteiger partial charge in [-0.1, -0.05) is 36.4 Å². The van der Waals surface area contributed by atoms with Gasteiger partial charge in [0.25, 0.3) is 5.56 Å². The fourth-order valence-electron chi connectivity index (χ4n) is 4.65. The topological polar surface area (TPSA) is 54.3 Å². The minimum atomic E-state index is -0.496. The number of benzene rings is 1. The van der Waals surface area contributed by atoms with Gasteiger partial charge in [-0.3, -0.25) is 4.79 Å². The monoisotopic (exact) mass is 391 g/mol. The standard InChI is InChI=1S/C24H29N3O2/c1-16(2)18-7-5-8-20(12-18)24(3,4)25-23(29)26-13-17-11-19(15-26)21-9-6-10-22(28)27(21)14-17/h5-10,12,17,19H,1,11,13-15H2,2-4H3,(H,25,29)/t17-,19-/m1/s1. The highest BCUT2D eigenvalue weighted by molar-refractivity contribution is 5.75. The minimum Gasteiger partial charge on any atom is -0.329 e. The van der Waals surface area contributed by atoms with Crippen LogP contribution in [0.5, 0.6) is 0 Å². The normalized spacial score (nSPS) is 20.7. The number of likely N-dealkylation sites (tertiary alicyclic amines) is 1. The Balaban J connectivity index is 1.52. The molecule has 29 heavy (non-hydrogen) atoms. The van der Waals surface area contributed by atoms with Crippen molar-refractivity contribution in [3.8, 4) is 0 Å². The summed E-state index contributed by atoms with van der Waals surface area (Å²) in [6, 6.07) is 13.6. The molecule has 5 nitrogen and oxygen atoms in total. The lowest BCUT2D eigenvalue weighted by Crippen LogP contribution is -2.54. The fraction of sp³-hybridized carbons (Fsp3) is 0.417. The van der Waals surface area contributed by atoms with Gasteiger partial charge in [-0.15, -0.1) is 0 Å². The highest BCUT2D eigenvalue weighted by Gasteiger charge is 2.37. The summed E-state index contributed by atoms with van der Waals surface area (Å²) >= 11 is 0. The lowest BCUT2D eigenvalue weighted by Gasteiger charge is -2.43. The van der Waals surface area contributed by atoms with Crippen molar-refractivity contribution in [1.82, 2.24) is 14.8 Å². The smallest absolute Gasteiger partial charge is 0.318 e. The SMILES string of the molecule is C=C(C)c1cccc(C(C)(C)NC(=O)N2C[C@H]3C[C@H](C2)c2cccc(=O)n2C3)c1. The summed E-state index contributed by atoms with van der Waals surface area (Å²) < 4.78 is 1.89. The van der Waals surface area contributed by atoms with Crippen molar-refractivity contribution in [2.24, 2.45) is 5.92 Å². The first-order valence-corrected chi connectivity index (χ1v) is 10.3. The Morgan fingerprint density at radius 2 is 1.90 bits per heavy atom. The maximum Gasteiger partial charge on any atom is 0.318 e. The molecule has 4 rings (SSSR count). The lowest BCUT2D eigenvalue weighted by atomic mass is 9.83. The number of rotatable bonds is 3. The van der Waals surface area contributed by atoms with E-state index in [1.165, 1.54) is 0 Å². The maximum atomic E-state index is 13.1. The molecule has 5 heteroatoms. The van der Waals surface area contributed by atoms with E-state index in [9.17, 15) is 9.59 Å². The van der Waals surface area contributed by atoms with E-state index < -0.39 is 5.54 Å². The van der Waals surface area contributed by atoms with E-state index in [4.69, 9.17) is 0 Å². The number of fused-ring (bicyclic) bond motifs is 4. The van der Waals surface area contributed by atoms with Crippen molar-refractivity contribution in [3.63, 3.8) is 0 Å². The van der Waals surface area contributed by atoms with E-state index >= 15 is 0 Å². The largest absolute Gasteiger partial charge is 0.329 e. The number of hydrogen-bond donors (Lipinski definition) is 1. The molecular formula is C24H29N3O2. The number of piperidine rings is 1. The van der Waals surface area contributed by atoms with Crippen LogP contribution in [0.15, 0.2) is 53.8 Å². The Morgan fingerprint density at radius 3 is 2.66 bits per heavy atom. The predicted octanol–water partition coefficient (Wildman–Crippen LogP) is 3.95. The van der Waals surface area contributed by atoms with E-state index in [1.54, 1.807) is 6.07 Å². The van der Waals surface area contributed by atoms with Gasteiger partial charge in [0, 0.05) is 37.3 Å². The molecule has 2 atom stereocenters. The van der Waals surface area contributed by atoms with Crippen molar-refractivity contribution in [2.75, 3.05) is 13.1 Å². The predicted molar refractivity (Wildman–Crippen MR) is 116 cm³/mol. The van der Waals surface area contributed by atoms with Crippen LogP contribution >= 0.6 is 0 Å². The van der Waals surface area contributed by atoms with Crippen molar-refractivity contribution in [3.05, 3.63) is 76.2 Å². The summed E-state index contributed by atoms with van der Waals surface area (Å²) in [6.07, 6.45) is 1.04. The number of carbonyl (C=O) groups excluding carboxylic acids is 1. The van der Waals surface area contributed by atoms with Crippen LogP contribution in [-0.2, 0) is 12.1 Å². The quantitative estimate of drug-likeness (QED) is 0.861. The van der Waals surface area contributed by atoms with Crippen molar-refractivity contribution in [2.45, 2.75) is 45.2 Å².